The van der Waals surface area contributed by atoms with Crippen LogP contribution in [0, 0.1) is 0 Å². The molecule has 1 nitrogen and oxygen atoms in total. The van der Waals surface area contributed by atoms with E-state index >= 15 is 0 Å². The van der Waals surface area contributed by atoms with Crippen LogP contribution in [0.25, 0.3) is 0 Å². The fourth-order valence-corrected chi connectivity index (χ4v) is 4.41. The Morgan fingerprint density at radius 3 is 1.66 bits per heavy atom. The molecule has 0 saturated carbocycles. The summed E-state index contributed by atoms with van der Waals surface area (Å²) in [5.74, 6) is 1.01. The molecule has 168 valence electrons. The molecule has 0 spiro atoms. The first-order valence-electron chi connectivity index (χ1n) is 12.2. The third-order valence-electron chi connectivity index (χ3n) is 5.67. The Bertz CT molecular complexity index is 489. The Hall–Kier alpha value is -0.0200. The maximum atomic E-state index is 6.44. The quantitative estimate of drug-likeness (QED) is 0.127. The molecule has 0 fully saturated rings. The highest BCUT2D eigenvalue weighted by Gasteiger charge is 2.12. The van der Waals surface area contributed by atoms with Gasteiger partial charge in [-0.15, -0.1) is 0 Å². The maximum Gasteiger partial charge on any atom is 0.120 e. The van der Waals surface area contributed by atoms with E-state index in [0.717, 1.165) is 5.75 Å². The summed E-state index contributed by atoms with van der Waals surface area (Å²) in [7, 11) is 0. The van der Waals surface area contributed by atoms with E-state index in [4.69, 9.17) is 4.74 Å². The molecule has 0 radical (unpaired) electrons. The summed E-state index contributed by atoms with van der Waals surface area (Å²) in [6, 6.07) is 8.49. The van der Waals surface area contributed by atoms with Gasteiger partial charge in [0.1, 0.15) is 5.75 Å². The van der Waals surface area contributed by atoms with E-state index in [-0.39, 0.29) is 3.74 Å². The average molecular weight is 532 g/mol. The molecule has 1 aromatic carbocycles. The summed E-state index contributed by atoms with van der Waals surface area (Å²) in [6.45, 7) is 4.57. The van der Waals surface area contributed by atoms with E-state index < -0.39 is 0 Å². The Balaban J connectivity index is 2.36. The molecule has 0 heterocycles. The summed E-state index contributed by atoms with van der Waals surface area (Å²) < 4.78 is 6.63. The molecule has 0 saturated heterocycles. The predicted molar refractivity (Wildman–Crippen MR) is 137 cm³/mol. The first-order valence-corrected chi connectivity index (χ1v) is 14.0. The molecule has 0 amide bonds. The van der Waals surface area contributed by atoms with Gasteiger partial charge in [-0.2, -0.15) is 0 Å². The van der Waals surface area contributed by atoms with Gasteiger partial charge in [0, 0.05) is 0 Å². The minimum Gasteiger partial charge on any atom is -0.490 e. The van der Waals surface area contributed by atoms with Crippen molar-refractivity contribution in [1.82, 2.24) is 0 Å². The van der Waals surface area contributed by atoms with Crippen LogP contribution in [0.15, 0.2) is 24.3 Å². The van der Waals surface area contributed by atoms with Gasteiger partial charge in [0.2, 0.25) is 0 Å². The van der Waals surface area contributed by atoms with Gasteiger partial charge in [-0.1, -0.05) is 135 Å². The van der Waals surface area contributed by atoms with Gasteiger partial charge in [-0.3, -0.25) is 0 Å². The molecule has 1 rings (SSSR count). The number of rotatable bonds is 19. The molecule has 0 aliphatic carbocycles. The van der Waals surface area contributed by atoms with Gasteiger partial charge >= 0.3 is 0 Å². The molecule has 0 aliphatic heterocycles. The van der Waals surface area contributed by atoms with Crippen molar-refractivity contribution < 1.29 is 4.74 Å². The Labute approximate surface area is 198 Å². The summed E-state index contributed by atoms with van der Waals surface area (Å²) in [5.41, 5.74) is 1.22. The summed E-state index contributed by atoms with van der Waals surface area (Å²) in [6.07, 6.45) is 21.9. The van der Waals surface area contributed by atoms with Crippen molar-refractivity contribution in [3.8, 4) is 5.75 Å². The lowest BCUT2D eigenvalue weighted by atomic mass is 10.0. The maximum absolute atomic E-state index is 6.44. The van der Waals surface area contributed by atoms with Gasteiger partial charge < -0.3 is 4.74 Å². The molecule has 3 heteroatoms. The SMILES string of the molecule is CCCCCCCCCCCC(CCCCCCC)Oc1cccc(C(Br)Br)c1. The number of unbranched alkanes of at least 4 members (excludes halogenated alkanes) is 12. The molecule has 0 aromatic heterocycles. The summed E-state index contributed by atoms with van der Waals surface area (Å²) in [4.78, 5) is 0. The molecular formula is C26H44Br2O. The third kappa shape index (κ3) is 14.6. The number of hydrogen-bond donors (Lipinski definition) is 0. The first-order chi connectivity index (χ1) is 14.2. The number of alkyl halides is 2. The van der Waals surface area contributed by atoms with Crippen molar-refractivity contribution in [1.29, 1.82) is 0 Å². The summed E-state index contributed by atoms with van der Waals surface area (Å²) in [5, 5.41) is 0. The monoisotopic (exact) mass is 530 g/mol. The minimum atomic E-state index is 0.184. The molecule has 29 heavy (non-hydrogen) atoms. The molecule has 0 aliphatic rings. The van der Waals surface area contributed by atoms with E-state index in [1.165, 1.54) is 108 Å². The third-order valence-corrected chi connectivity index (χ3v) is 6.73. The smallest absolute Gasteiger partial charge is 0.120 e. The Morgan fingerprint density at radius 1 is 0.690 bits per heavy atom. The normalized spacial score (nSPS) is 12.4. The number of ether oxygens (including phenoxy) is 1. The van der Waals surface area contributed by atoms with Crippen LogP contribution >= 0.6 is 31.9 Å². The van der Waals surface area contributed by atoms with Crippen molar-refractivity contribution in [2.75, 3.05) is 0 Å². The first kappa shape index (κ1) is 27.0. The van der Waals surface area contributed by atoms with Gasteiger partial charge in [0.15, 0.2) is 0 Å². The highest BCUT2D eigenvalue weighted by molar-refractivity contribution is 9.24. The predicted octanol–water partition coefficient (Wildman–Crippen LogP) is 10.5. The second kappa shape index (κ2) is 18.7. The van der Waals surface area contributed by atoms with Gasteiger partial charge in [0.25, 0.3) is 0 Å². The Morgan fingerprint density at radius 2 is 1.17 bits per heavy atom. The lowest BCUT2D eigenvalue weighted by Gasteiger charge is -2.20. The van der Waals surface area contributed by atoms with Gasteiger partial charge in [-0.25, -0.2) is 0 Å². The zero-order chi connectivity index (χ0) is 21.2. The van der Waals surface area contributed by atoms with Crippen LogP contribution in [0.3, 0.4) is 0 Å². The lowest BCUT2D eigenvalue weighted by Crippen LogP contribution is -2.16. The van der Waals surface area contributed by atoms with Crippen LogP contribution in [0.4, 0.5) is 0 Å². The van der Waals surface area contributed by atoms with E-state index in [1.807, 2.05) is 0 Å². The zero-order valence-corrected chi connectivity index (χ0v) is 22.1. The number of hydrogen-bond acceptors (Lipinski definition) is 1. The van der Waals surface area contributed by atoms with E-state index in [1.54, 1.807) is 0 Å². The number of benzene rings is 1. The lowest BCUT2D eigenvalue weighted by molar-refractivity contribution is 0.172. The van der Waals surface area contributed by atoms with Crippen LogP contribution in [0.5, 0.6) is 5.75 Å². The van der Waals surface area contributed by atoms with E-state index in [9.17, 15) is 0 Å². The van der Waals surface area contributed by atoms with E-state index in [0.29, 0.717) is 6.10 Å². The second-order valence-corrected chi connectivity index (χ2v) is 11.5. The highest BCUT2D eigenvalue weighted by atomic mass is 79.9. The zero-order valence-electron chi connectivity index (χ0n) is 18.9. The molecule has 1 atom stereocenters. The average Bonchev–Trinajstić information content (AvgIpc) is 2.72. The minimum absolute atomic E-state index is 0.184. The van der Waals surface area contributed by atoms with Crippen LogP contribution in [0.2, 0.25) is 0 Å². The molecular weight excluding hydrogens is 488 g/mol. The molecule has 1 unspecified atom stereocenters. The van der Waals surface area contributed by atoms with Crippen molar-refractivity contribution in [3.05, 3.63) is 29.8 Å². The van der Waals surface area contributed by atoms with E-state index in [2.05, 4.69) is 70.0 Å². The molecule has 0 N–H and O–H groups in total. The van der Waals surface area contributed by atoms with Gasteiger partial charge in [-0.05, 0) is 43.4 Å². The van der Waals surface area contributed by atoms with Crippen molar-refractivity contribution in [2.24, 2.45) is 0 Å². The highest BCUT2D eigenvalue weighted by Crippen LogP contribution is 2.32. The van der Waals surface area contributed by atoms with Crippen LogP contribution in [-0.4, -0.2) is 6.10 Å². The van der Waals surface area contributed by atoms with Crippen LogP contribution < -0.4 is 4.74 Å². The van der Waals surface area contributed by atoms with Crippen molar-refractivity contribution in [3.63, 3.8) is 0 Å². The largest absolute Gasteiger partial charge is 0.490 e. The second-order valence-electron chi connectivity index (χ2n) is 8.43. The van der Waals surface area contributed by atoms with Crippen LogP contribution in [0.1, 0.15) is 126 Å². The van der Waals surface area contributed by atoms with Gasteiger partial charge in [0.05, 0.1) is 9.84 Å². The van der Waals surface area contributed by atoms with Crippen molar-refractivity contribution >= 4 is 31.9 Å². The fourth-order valence-electron chi connectivity index (χ4n) is 3.84. The van der Waals surface area contributed by atoms with Crippen LogP contribution in [-0.2, 0) is 0 Å². The standard InChI is InChI=1S/C26H44Br2O/c1-3-5-7-9-10-11-12-14-16-20-24(19-15-13-8-6-4-2)29-25-21-17-18-23(22-25)26(27)28/h17-18,21-22,24,26H,3-16,19-20H2,1-2H3. The molecule has 1 aromatic rings. The topological polar surface area (TPSA) is 9.23 Å². The molecule has 0 bridgehead atoms. The summed E-state index contributed by atoms with van der Waals surface area (Å²) >= 11 is 7.19. The fraction of sp³-hybridized carbons (Fsp3) is 0.769. The number of halogens is 2. The van der Waals surface area contributed by atoms with Crippen molar-refractivity contribution in [2.45, 2.75) is 126 Å². The Kier molecular flexibility index (Phi) is 17.4.